The van der Waals surface area contributed by atoms with Gasteiger partial charge in [-0.1, -0.05) is 0 Å². The predicted octanol–water partition coefficient (Wildman–Crippen LogP) is 1.34. The largest absolute Gasteiger partial charge is 0.478 e. The van der Waals surface area contributed by atoms with Gasteiger partial charge in [0.1, 0.15) is 5.00 Å². The molecule has 1 heterocycles. The number of rotatable bonds is 5. The van der Waals surface area contributed by atoms with Crippen molar-refractivity contribution in [1.82, 2.24) is 5.32 Å². The van der Waals surface area contributed by atoms with Crippen molar-refractivity contribution in [2.75, 3.05) is 11.9 Å². The first-order valence-electron chi connectivity index (χ1n) is 5.61. The number of carbonyl (C=O) groups excluding carboxylic acids is 1. The number of carbonyl (C=O) groups is 2. The maximum atomic E-state index is 11.5. The molecule has 6 nitrogen and oxygen atoms in total. The Bertz CT molecular complexity index is 456. The third-order valence-corrected chi connectivity index (χ3v) is 3.59. The van der Waals surface area contributed by atoms with Gasteiger partial charge in [0, 0.05) is 6.54 Å². The number of hydrogen-bond acceptors (Lipinski definition) is 4. The van der Waals surface area contributed by atoms with E-state index in [4.69, 9.17) is 5.11 Å². The Morgan fingerprint density at radius 1 is 1.50 bits per heavy atom. The first-order chi connectivity index (χ1) is 8.58. The van der Waals surface area contributed by atoms with Crippen LogP contribution in [0.3, 0.4) is 0 Å². The molecule has 0 bridgehead atoms. The molecule has 1 aromatic heterocycles. The van der Waals surface area contributed by atoms with Crippen molar-refractivity contribution in [2.45, 2.75) is 18.9 Å². The Hall–Kier alpha value is -1.60. The van der Waals surface area contributed by atoms with Crippen molar-refractivity contribution in [3.63, 3.8) is 0 Å². The molecular weight excluding hydrogens is 256 g/mol. The van der Waals surface area contributed by atoms with E-state index in [1.165, 1.54) is 6.07 Å². The smallest absolute Gasteiger partial charge is 0.338 e. The first kappa shape index (κ1) is 12.8. The number of hydrogen-bond donors (Lipinski definition) is 4. The minimum Gasteiger partial charge on any atom is -0.478 e. The lowest BCUT2D eigenvalue weighted by Crippen LogP contribution is -2.36. The molecule has 2 amide bonds. The van der Waals surface area contributed by atoms with Crippen LogP contribution in [-0.4, -0.2) is 34.9 Å². The van der Waals surface area contributed by atoms with Crippen LogP contribution in [0.25, 0.3) is 0 Å². The number of anilines is 1. The minimum atomic E-state index is -1.08. The number of thiophene rings is 1. The highest BCUT2D eigenvalue weighted by Crippen LogP contribution is 2.32. The van der Waals surface area contributed by atoms with Crippen molar-refractivity contribution >= 4 is 28.3 Å². The van der Waals surface area contributed by atoms with Crippen molar-refractivity contribution < 1.29 is 19.8 Å². The van der Waals surface area contributed by atoms with Gasteiger partial charge in [0.2, 0.25) is 0 Å². The number of aliphatic hydroxyl groups excluding tert-OH is 1. The molecular formula is C11H14N2O4S. The highest BCUT2D eigenvalue weighted by atomic mass is 32.1. The van der Waals surface area contributed by atoms with E-state index in [9.17, 15) is 14.7 Å². The summed E-state index contributed by atoms with van der Waals surface area (Å²) in [5.74, 6) is -0.786. The van der Waals surface area contributed by atoms with Crippen LogP contribution in [0.5, 0.6) is 0 Å². The topological polar surface area (TPSA) is 98.7 Å². The molecule has 7 heteroatoms. The number of aromatic carboxylic acids is 1. The van der Waals surface area contributed by atoms with Gasteiger partial charge < -0.3 is 15.5 Å². The summed E-state index contributed by atoms with van der Waals surface area (Å²) < 4.78 is 0. The number of amides is 2. The quantitative estimate of drug-likeness (QED) is 0.649. The van der Waals surface area contributed by atoms with Crippen molar-refractivity contribution in [3.8, 4) is 0 Å². The van der Waals surface area contributed by atoms with Crippen LogP contribution in [0.1, 0.15) is 23.2 Å². The molecule has 0 aliphatic heterocycles. The molecule has 0 spiro atoms. The minimum absolute atomic E-state index is 0.0675. The van der Waals surface area contributed by atoms with Gasteiger partial charge in [-0.2, -0.15) is 0 Å². The van der Waals surface area contributed by atoms with Crippen LogP contribution in [0.2, 0.25) is 0 Å². The molecule has 1 aromatic rings. The molecule has 0 radical (unpaired) electrons. The summed E-state index contributed by atoms with van der Waals surface area (Å²) in [4.78, 5) is 22.3. The summed E-state index contributed by atoms with van der Waals surface area (Å²) in [7, 11) is 0. The zero-order valence-corrected chi connectivity index (χ0v) is 10.4. The first-order valence-corrected chi connectivity index (χ1v) is 6.49. The molecule has 1 atom stereocenters. The molecule has 4 N–H and O–H groups in total. The molecule has 1 aliphatic carbocycles. The van der Waals surface area contributed by atoms with Crippen molar-refractivity contribution in [1.29, 1.82) is 0 Å². The monoisotopic (exact) mass is 270 g/mol. The molecule has 1 aliphatic rings. The van der Waals surface area contributed by atoms with Gasteiger partial charge in [0.25, 0.3) is 0 Å². The number of carboxylic acid groups (broad SMARTS) is 1. The Balaban J connectivity index is 1.82. The third-order valence-electron chi connectivity index (χ3n) is 2.76. The Morgan fingerprint density at radius 3 is 2.83 bits per heavy atom. The number of urea groups is 1. The van der Waals surface area contributed by atoms with Gasteiger partial charge in [-0.15, -0.1) is 11.3 Å². The SMILES string of the molecule is O=C(NCC(O)C1CC1)Nc1sccc1C(=O)O. The van der Waals surface area contributed by atoms with E-state index in [1.807, 2.05) is 0 Å². The average molecular weight is 270 g/mol. The van der Waals surface area contributed by atoms with E-state index >= 15 is 0 Å². The van der Waals surface area contributed by atoms with Crippen LogP contribution >= 0.6 is 11.3 Å². The van der Waals surface area contributed by atoms with Gasteiger partial charge >= 0.3 is 12.0 Å². The summed E-state index contributed by atoms with van der Waals surface area (Å²) in [6.45, 7) is 0.185. The van der Waals surface area contributed by atoms with E-state index in [-0.39, 0.29) is 12.1 Å². The van der Waals surface area contributed by atoms with E-state index in [0.717, 1.165) is 24.2 Å². The summed E-state index contributed by atoms with van der Waals surface area (Å²) in [5.41, 5.74) is 0.0675. The van der Waals surface area contributed by atoms with E-state index in [1.54, 1.807) is 5.38 Å². The van der Waals surface area contributed by atoms with E-state index in [2.05, 4.69) is 10.6 Å². The van der Waals surface area contributed by atoms with Crippen LogP contribution in [0.15, 0.2) is 11.4 Å². The molecule has 18 heavy (non-hydrogen) atoms. The van der Waals surface area contributed by atoms with E-state index < -0.39 is 18.1 Å². The fraction of sp³-hybridized carbons (Fsp3) is 0.455. The second-order valence-corrected chi connectivity index (χ2v) is 5.12. The van der Waals surface area contributed by atoms with Gasteiger partial charge in [-0.25, -0.2) is 9.59 Å². The molecule has 1 saturated carbocycles. The summed E-state index contributed by atoms with van der Waals surface area (Å²) >= 11 is 1.14. The zero-order valence-electron chi connectivity index (χ0n) is 9.55. The highest BCUT2D eigenvalue weighted by Gasteiger charge is 2.29. The van der Waals surface area contributed by atoms with Crippen molar-refractivity contribution in [3.05, 3.63) is 17.0 Å². The lowest BCUT2D eigenvalue weighted by atomic mass is 10.2. The van der Waals surface area contributed by atoms with Crippen LogP contribution in [0.4, 0.5) is 9.80 Å². The number of nitrogens with one attached hydrogen (secondary N) is 2. The Labute approximate surface area is 108 Å². The number of carboxylic acids is 1. The molecule has 0 saturated heterocycles. The molecule has 1 fully saturated rings. The average Bonchev–Trinajstić information content (AvgIpc) is 3.07. The molecule has 2 rings (SSSR count). The number of aliphatic hydroxyl groups is 1. The van der Waals surface area contributed by atoms with Crippen LogP contribution in [0, 0.1) is 5.92 Å². The summed E-state index contributed by atoms with van der Waals surface area (Å²) in [6.07, 6.45) is 1.48. The molecule has 98 valence electrons. The van der Waals surface area contributed by atoms with Gasteiger partial charge in [-0.05, 0) is 30.2 Å². The fourth-order valence-corrected chi connectivity index (χ4v) is 2.34. The summed E-state index contributed by atoms with van der Waals surface area (Å²) in [6, 6.07) is 0.932. The second-order valence-electron chi connectivity index (χ2n) is 4.21. The van der Waals surface area contributed by atoms with Gasteiger partial charge in [0.15, 0.2) is 0 Å². The Kier molecular flexibility index (Phi) is 3.83. The lowest BCUT2D eigenvalue weighted by molar-refractivity contribution is 0.0698. The lowest BCUT2D eigenvalue weighted by Gasteiger charge is -2.11. The van der Waals surface area contributed by atoms with Crippen molar-refractivity contribution in [2.24, 2.45) is 5.92 Å². The van der Waals surface area contributed by atoms with Gasteiger partial charge in [0.05, 0.1) is 11.7 Å². The Morgan fingerprint density at radius 2 is 2.22 bits per heavy atom. The van der Waals surface area contributed by atoms with Crippen LogP contribution < -0.4 is 10.6 Å². The van der Waals surface area contributed by atoms with E-state index in [0.29, 0.717) is 10.9 Å². The second kappa shape index (κ2) is 5.36. The maximum absolute atomic E-state index is 11.5. The normalized spacial score (nSPS) is 16.1. The standard InChI is InChI=1S/C11H14N2O4S/c14-8(6-1-2-6)5-12-11(17)13-9-7(10(15)16)3-4-18-9/h3-4,6,8,14H,1-2,5H2,(H,15,16)(H2,12,13,17). The maximum Gasteiger partial charge on any atom is 0.338 e. The third kappa shape index (κ3) is 3.21. The zero-order chi connectivity index (χ0) is 13.1. The molecule has 1 unspecified atom stereocenters. The van der Waals surface area contributed by atoms with Gasteiger partial charge in [-0.3, -0.25) is 5.32 Å². The fourth-order valence-electron chi connectivity index (χ4n) is 1.57. The summed E-state index contributed by atoms with van der Waals surface area (Å²) in [5, 5.41) is 25.3. The predicted molar refractivity (Wildman–Crippen MR) is 67.0 cm³/mol. The highest BCUT2D eigenvalue weighted by molar-refractivity contribution is 7.14. The molecule has 0 aromatic carbocycles. The van der Waals surface area contributed by atoms with Crippen LogP contribution in [-0.2, 0) is 0 Å².